The van der Waals surface area contributed by atoms with Gasteiger partial charge < -0.3 is 19.5 Å². The first-order valence-electron chi connectivity index (χ1n) is 18.0. The number of hydrogen-bond acceptors (Lipinski definition) is 12. The minimum Gasteiger partial charge on any atom is -0.444 e. The van der Waals surface area contributed by atoms with Crippen molar-refractivity contribution in [3.8, 4) is 11.1 Å². The van der Waals surface area contributed by atoms with Gasteiger partial charge in [0.15, 0.2) is 0 Å². The number of thiophene rings is 1. The molecule has 3 N–H and O–H groups in total. The van der Waals surface area contributed by atoms with Crippen molar-refractivity contribution in [1.29, 1.82) is 5.41 Å². The Balaban J connectivity index is 2.00. The van der Waals surface area contributed by atoms with Crippen LogP contribution >= 0.6 is 23.1 Å². The van der Waals surface area contributed by atoms with Gasteiger partial charge in [0.05, 0.1) is 18.9 Å². The van der Waals surface area contributed by atoms with E-state index in [1.165, 1.54) is 23.9 Å². The summed E-state index contributed by atoms with van der Waals surface area (Å²) in [6.07, 6.45) is -0.279. The average Bonchev–Trinajstić information content (AvgIpc) is 3.48. The minimum atomic E-state index is -4.06. The summed E-state index contributed by atoms with van der Waals surface area (Å²) in [6.45, 7) is 21.5. The van der Waals surface area contributed by atoms with Crippen LogP contribution < -0.4 is 10.6 Å². The van der Waals surface area contributed by atoms with Crippen molar-refractivity contribution in [2.75, 3.05) is 18.1 Å². The van der Waals surface area contributed by atoms with Gasteiger partial charge in [-0.2, -0.15) is 0 Å². The summed E-state index contributed by atoms with van der Waals surface area (Å²) in [7, 11) is -4.06. The van der Waals surface area contributed by atoms with Crippen LogP contribution in [0.25, 0.3) is 11.1 Å². The molecule has 2 aromatic carbocycles. The lowest BCUT2D eigenvalue weighted by Crippen LogP contribution is -2.49. The van der Waals surface area contributed by atoms with E-state index in [0.717, 1.165) is 27.4 Å². The van der Waals surface area contributed by atoms with Crippen molar-refractivity contribution in [2.24, 2.45) is 10.9 Å². The number of nitrogens with zero attached hydrogens (tertiary/aromatic N) is 2. The highest BCUT2D eigenvalue weighted by atomic mass is 32.2. The summed E-state index contributed by atoms with van der Waals surface area (Å²) in [5.74, 6) is -0.0302. The number of imide groups is 1. The Morgan fingerprint density at radius 1 is 0.893 bits per heavy atom. The van der Waals surface area contributed by atoms with Crippen LogP contribution in [0.3, 0.4) is 0 Å². The molecule has 0 fully saturated rings. The number of nitrogens with one attached hydrogen (secondary N) is 3. The molecule has 16 heteroatoms. The van der Waals surface area contributed by atoms with E-state index < -0.39 is 44.9 Å². The van der Waals surface area contributed by atoms with Crippen molar-refractivity contribution in [3.63, 3.8) is 0 Å². The maximum absolute atomic E-state index is 14.1. The lowest BCUT2D eigenvalue weighted by atomic mass is 10.00. The molecule has 0 saturated heterocycles. The fraction of sp³-hybridized carbons (Fsp3) is 0.475. The molecule has 0 aliphatic rings. The molecule has 3 aromatic rings. The Bertz CT molecular complexity index is 2040. The smallest absolute Gasteiger partial charge is 0.427 e. The van der Waals surface area contributed by atoms with Gasteiger partial charge in [-0.25, -0.2) is 22.8 Å². The van der Waals surface area contributed by atoms with Crippen LogP contribution in [-0.4, -0.2) is 73.0 Å². The molecule has 0 spiro atoms. The second-order valence-electron chi connectivity index (χ2n) is 16.3. The number of ether oxygens (including phenoxy) is 3. The van der Waals surface area contributed by atoms with Crippen molar-refractivity contribution in [2.45, 2.75) is 120 Å². The molecule has 3 amide bonds. The molecular weight excluding hydrogens is 775 g/mol. The van der Waals surface area contributed by atoms with Crippen LogP contribution in [0, 0.1) is 18.3 Å². The van der Waals surface area contributed by atoms with Gasteiger partial charge in [-0.3, -0.25) is 15.7 Å². The first-order chi connectivity index (χ1) is 25.7. The Kier molecular flexibility index (Phi) is 15.0. The maximum atomic E-state index is 14.1. The highest BCUT2D eigenvalue weighted by Gasteiger charge is 2.35. The van der Waals surface area contributed by atoms with Crippen molar-refractivity contribution >= 4 is 68.7 Å². The van der Waals surface area contributed by atoms with Crippen molar-refractivity contribution < 1.29 is 37.0 Å². The molecule has 0 unspecified atom stereocenters. The largest absolute Gasteiger partial charge is 0.444 e. The quantitative estimate of drug-likeness (QED) is 0.0814. The van der Waals surface area contributed by atoms with E-state index >= 15 is 0 Å². The number of benzene rings is 2. The summed E-state index contributed by atoms with van der Waals surface area (Å²) < 4.78 is 45.1. The Hall–Kier alpha value is -4.41. The molecule has 0 bridgehead atoms. The van der Waals surface area contributed by atoms with Gasteiger partial charge in [-0.15, -0.1) is 28.0 Å². The van der Waals surface area contributed by atoms with Gasteiger partial charge >= 0.3 is 18.3 Å². The SMILES string of the molecule is CSc1sc(C(=N)NC(=O)OC(C)(C)C)cc1S(=O)(=O)c1cccc(-c2ccc(NC(=NCCC(C)C)N(C(=O)OC(C)(C)C)C(=O)OC(C)(C)C)cc2C)c1. The third kappa shape index (κ3) is 13.4. The zero-order valence-electron chi connectivity index (χ0n) is 34.5. The number of guanidine groups is 1. The first-order valence-corrected chi connectivity index (χ1v) is 21.5. The summed E-state index contributed by atoms with van der Waals surface area (Å²) in [5, 5.41) is 13.9. The van der Waals surface area contributed by atoms with E-state index in [-0.39, 0.29) is 26.5 Å². The Morgan fingerprint density at radius 3 is 2.00 bits per heavy atom. The second-order valence-corrected chi connectivity index (χ2v) is 20.4. The fourth-order valence-corrected chi connectivity index (χ4v) is 8.83. The normalized spacial score (nSPS) is 12.6. The molecule has 0 aliphatic carbocycles. The number of thioether (sulfide) groups is 1. The summed E-state index contributed by atoms with van der Waals surface area (Å²) in [6, 6.07) is 13.3. The molecule has 1 heterocycles. The topological polar surface area (TPSA) is 177 Å². The highest BCUT2D eigenvalue weighted by Crippen LogP contribution is 2.38. The minimum absolute atomic E-state index is 0.0259. The van der Waals surface area contributed by atoms with Crippen molar-refractivity contribution in [1.82, 2.24) is 10.2 Å². The molecule has 56 heavy (non-hydrogen) atoms. The number of carbonyl (C=O) groups is 3. The number of aryl methyl sites for hydroxylation is 1. The molecular formula is C40H55N5O8S3. The van der Waals surface area contributed by atoms with Crippen LogP contribution in [0.5, 0.6) is 0 Å². The van der Waals surface area contributed by atoms with Gasteiger partial charge in [-0.05, 0) is 135 Å². The Morgan fingerprint density at radius 2 is 1.48 bits per heavy atom. The van der Waals surface area contributed by atoms with E-state index in [4.69, 9.17) is 19.6 Å². The van der Waals surface area contributed by atoms with Gasteiger partial charge in [0, 0.05) is 12.2 Å². The zero-order chi connectivity index (χ0) is 42.4. The molecule has 1 aromatic heterocycles. The number of aliphatic imine (C=N–C) groups is 1. The number of amides is 3. The summed E-state index contributed by atoms with van der Waals surface area (Å²) >= 11 is 2.32. The zero-order valence-corrected chi connectivity index (χ0v) is 36.9. The first kappa shape index (κ1) is 46.0. The number of amidine groups is 1. The number of rotatable bonds is 9. The Labute approximate surface area is 339 Å². The van der Waals surface area contributed by atoms with Crippen molar-refractivity contribution in [3.05, 3.63) is 59.0 Å². The predicted octanol–water partition coefficient (Wildman–Crippen LogP) is 10.1. The summed E-state index contributed by atoms with van der Waals surface area (Å²) in [4.78, 5) is 45.0. The molecule has 3 rings (SSSR count). The number of alkyl carbamates (subject to hydrolysis) is 1. The third-order valence-corrected chi connectivity index (χ3v) is 11.6. The molecule has 0 aliphatic heterocycles. The maximum Gasteiger partial charge on any atom is 0.427 e. The van der Waals surface area contributed by atoms with Crippen LogP contribution in [0.4, 0.5) is 20.1 Å². The van der Waals surface area contributed by atoms with Gasteiger partial charge in [0.1, 0.15) is 22.6 Å². The van der Waals surface area contributed by atoms with E-state index in [9.17, 15) is 22.8 Å². The number of anilines is 1. The average molecular weight is 830 g/mol. The number of sulfone groups is 1. The molecule has 0 saturated carbocycles. The van der Waals surface area contributed by atoms with Crippen LogP contribution in [-0.2, 0) is 24.0 Å². The number of carbonyl (C=O) groups excluding carboxylic acids is 3. The lowest BCUT2D eigenvalue weighted by Gasteiger charge is -2.29. The molecule has 306 valence electrons. The lowest BCUT2D eigenvalue weighted by molar-refractivity contribution is 0.0146. The van der Waals surface area contributed by atoms with Gasteiger partial charge in [0.2, 0.25) is 15.8 Å². The molecule has 0 atom stereocenters. The monoisotopic (exact) mass is 829 g/mol. The second kappa shape index (κ2) is 18.2. The third-order valence-electron chi connectivity index (χ3n) is 7.28. The van der Waals surface area contributed by atoms with E-state index in [2.05, 4.69) is 15.6 Å². The van der Waals surface area contributed by atoms with Crippen LogP contribution in [0.15, 0.2) is 67.5 Å². The standard InChI is InChI=1S/C40H55N5O8S3/c1-24(2)19-20-42-34(45(36(47)52-39(7,8)9)37(48)53-40(10,11)12)43-27-17-18-29(25(3)21-27)26-15-14-16-28(22-26)56(49,50)31-23-30(55-33(31)54-13)32(41)44-35(46)51-38(4,5)6/h14-18,21-24H,19-20H2,1-13H3,(H,42,43)(H2,41,44,46). The molecule has 0 radical (unpaired) electrons. The van der Waals surface area contributed by atoms with E-state index in [1.54, 1.807) is 105 Å². The van der Waals surface area contributed by atoms with E-state index in [1.807, 2.05) is 20.8 Å². The highest BCUT2D eigenvalue weighted by molar-refractivity contribution is 8.01. The van der Waals surface area contributed by atoms with Gasteiger partial charge in [0.25, 0.3) is 0 Å². The fourth-order valence-electron chi connectivity index (χ4n) is 4.89. The predicted molar refractivity (Wildman–Crippen MR) is 224 cm³/mol. The van der Waals surface area contributed by atoms with Gasteiger partial charge in [-0.1, -0.05) is 32.0 Å². The number of hydrogen-bond donors (Lipinski definition) is 3. The summed E-state index contributed by atoms with van der Waals surface area (Å²) in [5.41, 5.74) is 0.0433. The van der Waals surface area contributed by atoms with Crippen LogP contribution in [0.2, 0.25) is 0 Å². The van der Waals surface area contributed by atoms with E-state index in [0.29, 0.717) is 34.3 Å². The molecule has 13 nitrogen and oxygen atoms in total. The van der Waals surface area contributed by atoms with Crippen LogP contribution in [0.1, 0.15) is 93.0 Å².